The van der Waals surface area contributed by atoms with Gasteiger partial charge in [-0.15, -0.1) is 0 Å². The summed E-state index contributed by atoms with van der Waals surface area (Å²) in [6.45, 7) is 4.90. The molecule has 1 aliphatic heterocycles. The van der Waals surface area contributed by atoms with E-state index < -0.39 is 11.9 Å². The number of hydroxylamine groups is 1. The Labute approximate surface area is 129 Å². The van der Waals surface area contributed by atoms with E-state index in [0.29, 0.717) is 12.5 Å². The van der Waals surface area contributed by atoms with Gasteiger partial charge in [0.05, 0.1) is 12.3 Å². The number of amides is 1. The van der Waals surface area contributed by atoms with Gasteiger partial charge >= 0.3 is 0 Å². The van der Waals surface area contributed by atoms with Crippen molar-refractivity contribution in [1.29, 1.82) is 0 Å². The van der Waals surface area contributed by atoms with Crippen molar-refractivity contribution in [1.82, 2.24) is 5.17 Å². The van der Waals surface area contributed by atoms with Gasteiger partial charge in [-0.1, -0.05) is 25.1 Å². The molecule has 1 aromatic rings. The highest BCUT2D eigenvalue weighted by molar-refractivity contribution is 5.80. The number of carbonyl (C=O) groups excluding carboxylic acids is 1. The molecule has 122 valence electrons. The molecule has 2 rings (SSSR count). The summed E-state index contributed by atoms with van der Waals surface area (Å²) in [5.41, 5.74) is 10.1. The molecule has 0 bridgehead atoms. The van der Waals surface area contributed by atoms with Crippen molar-refractivity contribution >= 4 is 11.6 Å². The van der Waals surface area contributed by atoms with Crippen LogP contribution in [0.25, 0.3) is 0 Å². The molecule has 0 radical (unpaired) electrons. The molecule has 0 saturated heterocycles. The fraction of sp³-hybridized carbons (Fsp3) is 0.533. The maximum atomic E-state index is 11.5. The molecule has 0 spiro atoms. The Morgan fingerprint density at radius 1 is 1.55 bits per heavy atom. The molecule has 1 atom stereocenters. The Kier molecular flexibility index (Phi) is 5.59. The summed E-state index contributed by atoms with van der Waals surface area (Å²) in [5.74, 6) is 0.627. The van der Waals surface area contributed by atoms with Gasteiger partial charge < -0.3 is 15.6 Å². The largest absolute Gasteiger partial charge is 0.493 e. The number of aliphatic hydroxyl groups is 1. The van der Waals surface area contributed by atoms with Gasteiger partial charge in [-0.3, -0.25) is 15.1 Å². The van der Waals surface area contributed by atoms with E-state index in [1.54, 1.807) is 0 Å². The van der Waals surface area contributed by atoms with E-state index in [-0.39, 0.29) is 19.6 Å². The lowest BCUT2D eigenvalue weighted by Crippen LogP contribution is -2.49. The lowest BCUT2D eigenvalue weighted by Gasteiger charge is -2.34. The van der Waals surface area contributed by atoms with Crippen LogP contribution in [0.15, 0.2) is 18.2 Å². The summed E-state index contributed by atoms with van der Waals surface area (Å²) in [4.78, 5) is 17.0. The zero-order chi connectivity index (χ0) is 16.1. The molecule has 0 saturated carbocycles. The van der Waals surface area contributed by atoms with Crippen molar-refractivity contribution in [2.45, 2.75) is 32.9 Å². The van der Waals surface area contributed by atoms with Gasteiger partial charge in [0.1, 0.15) is 18.4 Å². The zero-order valence-corrected chi connectivity index (χ0v) is 12.9. The quantitative estimate of drug-likeness (QED) is 0.696. The van der Waals surface area contributed by atoms with Crippen LogP contribution in [0.2, 0.25) is 0 Å². The van der Waals surface area contributed by atoms with Crippen LogP contribution in [-0.4, -0.2) is 35.4 Å². The summed E-state index contributed by atoms with van der Waals surface area (Å²) in [6.07, 6.45) is 0.196. The van der Waals surface area contributed by atoms with E-state index >= 15 is 0 Å². The SMILES string of the molecule is CC(C)COc1cccc2c1CON(C(CCO)C(N)=O)N2. The number of nitrogens with two attached hydrogens (primary N) is 1. The molecular weight excluding hydrogens is 286 g/mol. The number of hydrogen-bond donors (Lipinski definition) is 3. The highest BCUT2D eigenvalue weighted by atomic mass is 16.7. The number of nitrogens with one attached hydrogen (secondary N) is 1. The fourth-order valence-electron chi connectivity index (χ4n) is 2.16. The number of anilines is 1. The second-order valence-electron chi connectivity index (χ2n) is 5.63. The Balaban J connectivity index is 2.13. The van der Waals surface area contributed by atoms with Crippen LogP contribution in [0.4, 0.5) is 5.69 Å². The van der Waals surface area contributed by atoms with Crippen LogP contribution < -0.4 is 15.9 Å². The van der Waals surface area contributed by atoms with Crippen molar-refractivity contribution in [2.75, 3.05) is 18.6 Å². The number of rotatable bonds is 7. The topological polar surface area (TPSA) is 97.1 Å². The highest BCUT2D eigenvalue weighted by Crippen LogP contribution is 2.32. The number of primary amides is 1. The lowest BCUT2D eigenvalue weighted by atomic mass is 10.1. The first-order valence-electron chi connectivity index (χ1n) is 7.36. The first kappa shape index (κ1) is 16.5. The van der Waals surface area contributed by atoms with Gasteiger partial charge in [0.2, 0.25) is 5.91 Å². The van der Waals surface area contributed by atoms with E-state index in [9.17, 15) is 4.79 Å². The minimum atomic E-state index is -0.738. The van der Waals surface area contributed by atoms with Crippen molar-refractivity contribution in [3.63, 3.8) is 0 Å². The monoisotopic (exact) mass is 309 g/mol. The molecule has 7 heteroatoms. The Hall–Kier alpha value is -1.83. The Morgan fingerprint density at radius 2 is 2.32 bits per heavy atom. The number of hydrazine groups is 1. The molecule has 1 unspecified atom stereocenters. The molecule has 7 nitrogen and oxygen atoms in total. The number of benzene rings is 1. The number of nitrogens with zero attached hydrogens (tertiary/aromatic N) is 1. The smallest absolute Gasteiger partial charge is 0.239 e. The van der Waals surface area contributed by atoms with E-state index in [1.165, 1.54) is 5.17 Å². The predicted octanol–water partition coefficient (Wildman–Crippen LogP) is 1.03. The fourth-order valence-corrected chi connectivity index (χ4v) is 2.16. The minimum absolute atomic E-state index is 0.153. The van der Waals surface area contributed by atoms with Gasteiger partial charge in [0.25, 0.3) is 0 Å². The third-order valence-electron chi connectivity index (χ3n) is 3.30. The van der Waals surface area contributed by atoms with Crippen LogP contribution in [0, 0.1) is 5.92 Å². The van der Waals surface area contributed by atoms with Crippen molar-refractivity contribution in [2.24, 2.45) is 11.7 Å². The average Bonchev–Trinajstić information content (AvgIpc) is 2.49. The first-order valence-corrected chi connectivity index (χ1v) is 7.36. The summed E-state index contributed by atoms with van der Waals surface area (Å²) < 4.78 is 5.79. The number of aliphatic hydroxyl groups excluding tert-OH is 1. The second kappa shape index (κ2) is 7.44. The normalized spacial score (nSPS) is 16.0. The summed E-state index contributed by atoms with van der Waals surface area (Å²) in [7, 11) is 0. The molecule has 1 amide bonds. The summed E-state index contributed by atoms with van der Waals surface area (Å²) in [5, 5.41) is 10.3. The molecule has 22 heavy (non-hydrogen) atoms. The lowest BCUT2D eigenvalue weighted by molar-refractivity contribution is -0.190. The number of ether oxygens (including phenoxy) is 1. The molecule has 0 aliphatic carbocycles. The van der Waals surface area contributed by atoms with Gasteiger partial charge in [0, 0.05) is 12.2 Å². The molecule has 0 aromatic heterocycles. The highest BCUT2D eigenvalue weighted by Gasteiger charge is 2.29. The van der Waals surface area contributed by atoms with Gasteiger partial charge in [0.15, 0.2) is 0 Å². The Bertz CT molecular complexity index is 522. The third-order valence-corrected chi connectivity index (χ3v) is 3.30. The van der Waals surface area contributed by atoms with Gasteiger partial charge in [-0.2, -0.15) is 0 Å². The number of carbonyl (C=O) groups is 1. The summed E-state index contributed by atoms with van der Waals surface area (Å²) in [6, 6.07) is 4.90. The van der Waals surface area contributed by atoms with Crippen LogP contribution in [0.3, 0.4) is 0 Å². The average molecular weight is 309 g/mol. The summed E-state index contributed by atoms with van der Waals surface area (Å²) >= 11 is 0. The van der Waals surface area contributed by atoms with Crippen molar-refractivity contribution < 1.29 is 19.5 Å². The van der Waals surface area contributed by atoms with E-state index in [2.05, 4.69) is 19.3 Å². The molecular formula is C15H23N3O4. The van der Waals surface area contributed by atoms with Crippen LogP contribution in [0.1, 0.15) is 25.8 Å². The molecule has 1 aromatic carbocycles. The number of fused-ring (bicyclic) bond motifs is 1. The van der Waals surface area contributed by atoms with Crippen molar-refractivity contribution in [3.05, 3.63) is 23.8 Å². The molecule has 1 aliphatic rings. The minimum Gasteiger partial charge on any atom is -0.493 e. The Morgan fingerprint density at radius 3 is 2.95 bits per heavy atom. The standard InChI is InChI=1S/C15H23N3O4/c1-10(2)8-21-14-5-3-4-12-11(14)9-22-18(17-12)13(6-7-19)15(16)20/h3-5,10,13,17,19H,6-9H2,1-2H3,(H2,16,20). The second-order valence-corrected chi connectivity index (χ2v) is 5.63. The van der Waals surface area contributed by atoms with Crippen molar-refractivity contribution in [3.8, 4) is 5.75 Å². The first-order chi connectivity index (χ1) is 10.5. The van der Waals surface area contributed by atoms with Crippen LogP contribution in [0.5, 0.6) is 5.75 Å². The molecule has 1 heterocycles. The maximum absolute atomic E-state index is 11.5. The molecule has 4 N–H and O–H groups in total. The van der Waals surface area contributed by atoms with E-state index in [0.717, 1.165) is 17.0 Å². The molecule has 0 fully saturated rings. The van der Waals surface area contributed by atoms with Crippen LogP contribution in [-0.2, 0) is 16.2 Å². The van der Waals surface area contributed by atoms with Gasteiger partial charge in [-0.25, -0.2) is 0 Å². The third kappa shape index (κ3) is 3.88. The predicted molar refractivity (Wildman–Crippen MR) is 81.7 cm³/mol. The number of hydrogen-bond acceptors (Lipinski definition) is 6. The van der Waals surface area contributed by atoms with E-state index in [4.69, 9.17) is 20.4 Å². The maximum Gasteiger partial charge on any atom is 0.239 e. The van der Waals surface area contributed by atoms with E-state index in [1.807, 2.05) is 18.2 Å². The van der Waals surface area contributed by atoms with Gasteiger partial charge in [-0.05, 0) is 24.5 Å². The van der Waals surface area contributed by atoms with Crippen LogP contribution >= 0.6 is 0 Å². The zero-order valence-electron chi connectivity index (χ0n) is 12.9.